The van der Waals surface area contributed by atoms with Crippen LogP contribution in [0.25, 0.3) is 10.2 Å². The van der Waals surface area contributed by atoms with Crippen LogP contribution < -0.4 is 11.1 Å². The molecule has 1 fully saturated rings. The highest BCUT2D eigenvalue weighted by Crippen LogP contribution is 2.35. The highest BCUT2D eigenvalue weighted by atomic mass is 32.2. The Morgan fingerprint density at radius 1 is 1.23 bits per heavy atom. The monoisotopic (exact) mass is 461 g/mol. The average molecular weight is 462 g/mol. The van der Waals surface area contributed by atoms with Crippen molar-refractivity contribution in [3.63, 3.8) is 0 Å². The van der Waals surface area contributed by atoms with E-state index in [1.54, 1.807) is 12.1 Å². The molecule has 1 amide bonds. The quantitative estimate of drug-likeness (QED) is 0.469. The van der Waals surface area contributed by atoms with Gasteiger partial charge in [-0.15, -0.1) is 16.4 Å². The van der Waals surface area contributed by atoms with Crippen LogP contribution in [0.1, 0.15) is 26.5 Å². The van der Waals surface area contributed by atoms with Crippen LogP contribution in [0.2, 0.25) is 0 Å². The molecule has 2 aromatic heterocycles. The van der Waals surface area contributed by atoms with E-state index in [0.29, 0.717) is 35.2 Å². The fourth-order valence-corrected chi connectivity index (χ4v) is 4.89. The molecule has 0 aliphatic carbocycles. The van der Waals surface area contributed by atoms with E-state index in [-0.39, 0.29) is 17.3 Å². The first-order valence-electron chi connectivity index (χ1n) is 9.80. The summed E-state index contributed by atoms with van der Waals surface area (Å²) in [6.45, 7) is 5.99. The van der Waals surface area contributed by atoms with Crippen LogP contribution in [0.3, 0.4) is 0 Å². The number of anilines is 1. The zero-order valence-corrected chi connectivity index (χ0v) is 18.7. The topological polar surface area (TPSA) is 128 Å². The summed E-state index contributed by atoms with van der Waals surface area (Å²) < 4.78 is 27.4. The minimum atomic E-state index is -2.62. The number of benzene rings is 1. The van der Waals surface area contributed by atoms with E-state index in [1.165, 1.54) is 23.5 Å². The van der Waals surface area contributed by atoms with E-state index in [1.807, 2.05) is 6.92 Å². The van der Waals surface area contributed by atoms with Gasteiger partial charge in [-0.25, -0.2) is 8.42 Å². The minimum Gasteiger partial charge on any atom is -0.397 e. The number of amides is 1. The Labute approximate surface area is 185 Å². The molecule has 0 bridgehead atoms. The normalized spacial score (nSPS) is 14.9. The Morgan fingerprint density at radius 3 is 2.61 bits per heavy atom. The van der Waals surface area contributed by atoms with Crippen LogP contribution >= 0.6 is 11.3 Å². The number of ether oxygens (including phenoxy) is 1. The van der Waals surface area contributed by atoms with Crippen molar-refractivity contribution in [2.45, 2.75) is 24.9 Å². The molecule has 3 N–H and O–H groups in total. The van der Waals surface area contributed by atoms with Crippen LogP contribution in [-0.4, -0.2) is 55.7 Å². The minimum absolute atomic E-state index is 0.237. The van der Waals surface area contributed by atoms with Gasteiger partial charge in [-0.3, -0.25) is 9.69 Å². The van der Waals surface area contributed by atoms with E-state index in [4.69, 9.17) is 10.5 Å². The first-order chi connectivity index (χ1) is 14.9. The lowest BCUT2D eigenvalue weighted by Gasteiger charge is -2.26. The summed E-state index contributed by atoms with van der Waals surface area (Å²) >= 11 is 1.22. The van der Waals surface area contributed by atoms with Crippen molar-refractivity contribution in [2.75, 3.05) is 32.0 Å². The smallest absolute Gasteiger partial charge is 0.263 e. The fourth-order valence-electron chi connectivity index (χ4n) is 3.48. The molecule has 0 saturated carbocycles. The molecule has 1 saturated heterocycles. The third-order valence-corrected chi connectivity index (χ3v) is 7.09. The molecule has 31 heavy (non-hydrogen) atoms. The summed E-state index contributed by atoms with van der Waals surface area (Å²) in [6, 6.07) is 6.36. The van der Waals surface area contributed by atoms with E-state index in [2.05, 4.69) is 20.4 Å². The Hall–Kier alpha value is -2.60. The molecular weight excluding hydrogens is 438 g/mol. The van der Waals surface area contributed by atoms with Crippen molar-refractivity contribution >= 4 is 43.9 Å². The highest BCUT2D eigenvalue weighted by molar-refractivity contribution is 7.72. The number of nitrogens with zero attached hydrogens (tertiary/aromatic N) is 3. The van der Waals surface area contributed by atoms with Gasteiger partial charge in [0, 0.05) is 31.6 Å². The number of nitrogen functional groups attached to an aromatic ring is 1. The fraction of sp³-hybridized carbons (Fsp3) is 0.350. The molecule has 3 heterocycles. The SMILES string of the molecule is Cc1c(CN2CCOCC2)nnc2sc(C(=O)NCc3ccc([SH](=O)=O)cc3)c(N)c12. The number of morpholine rings is 1. The predicted molar refractivity (Wildman–Crippen MR) is 119 cm³/mol. The van der Waals surface area contributed by atoms with Gasteiger partial charge in [-0.05, 0) is 30.2 Å². The lowest BCUT2D eigenvalue weighted by atomic mass is 10.1. The summed E-state index contributed by atoms with van der Waals surface area (Å²) in [4.78, 5) is 16.3. The van der Waals surface area contributed by atoms with Crippen LogP contribution in [0.15, 0.2) is 29.2 Å². The summed E-state index contributed by atoms with van der Waals surface area (Å²) in [7, 11) is -2.62. The van der Waals surface area contributed by atoms with Gasteiger partial charge in [0.1, 0.15) is 9.71 Å². The number of carbonyl (C=O) groups excluding carboxylic acids is 1. The second-order valence-corrected chi connectivity index (χ2v) is 9.32. The van der Waals surface area contributed by atoms with Crippen LogP contribution in [0, 0.1) is 6.92 Å². The summed E-state index contributed by atoms with van der Waals surface area (Å²) in [5.41, 5.74) is 9.33. The van der Waals surface area contributed by atoms with Gasteiger partial charge in [-0.2, -0.15) is 5.10 Å². The maximum Gasteiger partial charge on any atom is 0.263 e. The van der Waals surface area contributed by atoms with Crippen LogP contribution in [0.5, 0.6) is 0 Å². The third-order valence-electron chi connectivity index (χ3n) is 5.28. The molecule has 3 aromatic rings. The van der Waals surface area contributed by atoms with Gasteiger partial charge >= 0.3 is 0 Å². The lowest BCUT2D eigenvalue weighted by molar-refractivity contribution is 0.0335. The second-order valence-electron chi connectivity index (χ2n) is 7.29. The molecule has 0 spiro atoms. The molecule has 1 aliphatic heterocycles. The van der Waals surface area contributed by atoms with Gasteiger partial charge in [0.25, 0.3) is 5.91 Å². The first kappa shape index (κ1) is 21.6. The van der Waals surface area contributed by atoms with E-state index >= 15 is 0 Å². The third kappa shape index (κ3) is 4.69. The predicted octanol–water partition coefficient (Wildman–Crippen LogP) is 1.31. The highest BCUT2D eigenvalue weighted by Gasteiger charge is 2.22. The Balaban J connectivity index is 1.51. The van der Waals surface area contributed by atoms with Crippen LogP contribution in [0.4, 0.5) is 5.69 Å². The number of aromatic nitrogens is 2. The van der Waals surface area contributed by atoms with Crippen molar-refractivity contribution in [1.29, 1.82) is 0 Å². The maximum absolute atomic E-state index is 12.7. The van der Waals surface area contributed by atoms with Gasteiger partial charge < -0.3 is 15.8 Å². The molecule has 11 heteroatoms. The standard InChI is InChI=1S/C20H23N5O4S2/c1-12-15(11-25-6-8-29-9-7-25)23-24-20-16(12)17(21)18(30-20)19(26)22-10-13-2-4-14(5-3-13)31(27)28/h2-5,31H,6-11,21H2,1H3,(H,22,26). The van der Waals surface area contributed by atoms with Gasteiger partial charge in [0.15, 0.2) is 10.7 Å². The number of thiol groups is 1. The maximum atomic E-state index is 12.7. The number of thiophene rings is 1. The van der Waals surface area contributed by atoms with Gasteiger partial charge in [0.05, 0.1) is 29.5 Å². The Morgan fingerprint density at radius 2 is 1.94 bits per heavy atom. The number of hydrogen-bond donors (Lipinski definition) is 3. The van der Waals surface area contributed by atoms with E-state index in [0.717, 1.165) is 35.3 Å². The molecule has 4 rings (SSSR count). The second kappa shape index (κ2) is 9.27. The van der Waals surface area contributed by atoms with Gasteiger partial charge in [0.2, 0.25) is 0 Å². The van der Waals surface area contributed by atoms with E-state index < -0.39 is 10.7 Å². The average Bonchev–Trinajstić information content (AvgIpc) is 3.12. The number of hydrogen-bond acceptors (Lipinski definition) is 9. The van der Waals surface area contributed by atoms with Crippen LogP contribution in [-0.2, 0) is 28.5 Å². The number of fused-ring (bicyclic) bond motifs is 1. The number of nitrogens with two attached hydrogens (primary N) is 1. The Kier molecular flexibility index (Phi) is 6.46. The van der Waals surface area contributed by atoms with Crippen molar-refractivity contribution in [2.24, 2.45) is 0 Å². The number of aryl methyl sites for hydroxylation is 1. The van der Waals surface area contributed by atoms with E-state index in [9.17, 15) is 13.2 Å². The zero-order valence-electron chi connectivity index (χ0n) is 17.0. The molecule has 1 aromatic carbocycles. The molecular formula is C20H23N5O4S2. The molecule has 9 nitrogen and oxygen atoms in total. The zero-order chi connectivity index (χ0) is 22.0. The molecule has 0 radical (unpaired) electrons. The largest absolute Gasteiger partial charge is 0.397 e. The summed E-state index contributed by atoms with van der Waals surface area (Å²) in [6.07, 6.45) is 0. The number of nitrogens with one attached hydrogen (secondary N) is 1. The van der Waals surface area contributed by atoms with Crippen molar-refractivity contribution in [3.8, 4) is 0 Å². The number of rotatable bonds is 6. The lowest BCUT2D eigenvalue weighted by Crippen LogP contribution is -2.36. The molecule has 0 unspecified atom stereocenters. The molecule has 0 atom stereocenters. The summed E-state index contributed by atoms with van der Waals surface area (Å²) in [5, 5.41) is 12.3. The van der Waals surface area contributed by atoms with Crippen molar-refractivity contribution in [1.82, 2.24) is 20.4 Å². The molecule has 164 valence electrons. The summed E-state index contributed by atoms with van der Waals surface area (Å²) in [5.74, 6) is -0.298. The van der Waals surface area contributed by atoms with Crippen molar-refractivity contribution in [3.05, 3.63) is 46.0 Å². The van der Waals surface area contributed by atoms with Crippen molar-refractivity contribution < 1.29 is 17.9 Å². The molecule has 1 aliphatic rings. The van der Waals surface area contributed by atoms with Gasteiger partial charge in [-0.1, -0.05) is 12.1 Å². The first-order valence-corrected chi connectivity index (χ1v) is 11.8. The number of carbonyl (C=O) groups is 1. The Bertz CT molecular complexity index is 1180.